The van der Waals surface area contributed by atoms with Gasteiger partial charge in [-0.05, 0) is 59.7 Å². The highest BCUT2D eigenvalue weighted by Gasteiger charge is 2.08. The van der Waals surface area contributed by atoms with E-state index >= 15 is 0 Å². The zero-order chi connectivity index (χ0) is 16.5. The lowest BCUT2D eigenvalue weighted by atomic mass is 10.1. The Morgan fingerprint density at radius 3 is 2.38 bits per heavy atom. The first-order valence-electron chi connectivity index (χ1n) is 7.43. The molecule has 5 nitrogen and oxygen atoms in total. The Kier molecular flexibility index (Phi) is 3.31. The molecule has 24 heavy (non-hydrogen) atoms. The maximum absolute atomic E-state index is 11.0. The summed E-state index contributed by atoms with van der Waals surface area (Å²) < 4.78 is 1.95. The largest absolute Gasteiger partial charge is 0.478 e. The minimum atomic E-state index is -0.933. The van der Waals surface area contributed by atoms with Gasteiger partial charge in [0.1, 0.15) is 6.33 Å². The second-order valence-electron chi connectivity index (χ2n) is 5.41. The van der Waals surface area contributed by atoms with Crippen molar-refractivity contribution in [2.75, 3.05) is 0 Å². The summed E-state index contributed by atoms with van der Waals surface area (Å²) in [6.45, 7) is 0. The Balaban J connectivity index is 1.83. The van der Waals surface area contributed by atoms with Crippen LogP contribution in [-0.4, -0.2) is 25.6 Å². The zero-order valence-corrected chi connectivity index (χ0v) is 12.6. The molecule has 0 fully saturated rings. The first-order chi connectivity index (χ1) is 11.7. The highest BCUT2D eigenvalue weighted by Crippen LogP contribution is 2.25. The maximum atomic E-state index is 11.0. The minimum Gasteiger partial charge on any atom is -0.478 e. The third kappa shape index (κ3) is 2.42. The van der Waals surface area contributed by atoms with Crippen LogP contribution in [0.1, 0.15) is 10.4 Å². The molecule has 0 atom stereocenters. The summed E-state index contributed by atoms with van der Waals surface area (Å²) in [7, 11) is 0. The van der Waals surface area contributed by atoms with E-state index in [1.807, 2.05) is 28.8 Å². The summed E-state index contributed by atoms with van der Waals surface area (Å²) in [4.78, 5) is 19.5. The smallest absolute Gasteiger partial charge is 0.335 e. The summed E-state index contributed by atoms with van der Waals surface area (Å²) in [6.07, 6.45) is 5.28. The molecule has 2 aromatic carbocycles. The monoisotopic (exact) mass is 315 g/mol. The van der Waals surface area contributed by atoms with Gasteiger partial charge in [0.2, 0.25) is 0 Å². The van der Waals surface area contributed by atoms with E-state index in [2.05, 4.69) is 16.0 Å². The number of hydrogen-bond acceptors (Lipinski definition) is 3. The number of fused-ring (bicyclic) bond motifs is 1. The third-order valence-electron chi connectivity index (χ3n) is 3.95. The molecule has 4 rings (SSSR count). The number of carboxylic acid groups (broad SMARTS) is 1. The first-order valence-corrected chi connectivity index (χ1v) is 7.43. The van der Waals surface area contributed by atoms with E-state index in [0.717, 1.165) is 27.8 Å². The Morgan fingerprint density at radius 2 is 1.67 bits per heavy atom. The average molecular weight is 315 g/mol. The number of carbonyl (C=O) groups is 1. The van der Waals surface area contributed by atoms with Crippen molar-refractivity contribution in [3.63, 3.8) is 0 Å². The van der Waals surface area contributed by atoms with Gasteiger partial charge in [-0.3, -0.25) is 9.55 Å². The van der Waals surface area contributed by atoms with Gasteiger partial charge in [0, 0.05) is 18.1 Å². The molecule has 116 valence electrons. The number of imidazole rings is 1. The highest BCUT2D eigenvalue weighted by atomic mass is 16.4. The Hall–Kier alpha value is -3.47. The van der Waals surface area contributed by atoms with Gasteiger partial charge in [0.25, 0.3) is 0 Å². The number of hydrogen-bond donors (Lipinski definition) is 1. The van der Waals surface area contributed by atoms with Crippen molar-refractivity contribution in [1.82, 2.24) is 14.5 Å². The molecule has 0 bridgehead atoms. The molecule has 2 heterocycles. The van der Waals surface area contributed by atoms with Crippen molar-refractivity contribution in [1.29, 1.82) is 0 Å². The van der Waals surface area contributed by atoms with Crippen LogP contribution < -0.4 is 0 Å². The third-order valence-corrected chi connectivity index (χ3v) is 3.95. The molecule has 0 aliphatic carbocycles. The summed E-state index contributed by atoms with van der Waals surface area (Å²) in [5.41, 5.74) is 5.15. The Bertz CT molecular complexity index is 1020. The van der Waals surface area contributed by atoms with Crippen LogP contribution in [0.25, 0.3) is 27.8 Å². The summed E-state index contributed by atoms with van der Waals surface area (Å²) in [5.74, 6) is -0.933. The molecule has 2 aromatic heterocycles. The van der Waals surface area contributed by atoms with Crippen molar-refractivity contribution >= 4 is 17.0 Å². The minimum absolute atomic E-state index is 0.264. The molecular weight excluding hydrogens is 302 g/mol. The molecule has 0 spiro atoms. The lowest BCUT2D eigenvalue weighted by Crippen LogP contribution is -1.97. The predicted molar refractivity (Wildman–Crippen MR) is 91.3 cm³/mol. The number of carboxylic acids is 1. The number of rotatable bonds is 3. The van der Waals surface area contributed by atoms with E-state index in [-0.39, 0.29) is 5.56 Å². The fourth-order valence-corrected chi connectivity index (χ4v) is 2.70. The standard InChI is InChI=1S/C19H13N3O2/c23-19(24)14-1-4-16(5-2-14)22-12-21-17-6-3-15(11-18(17)22)13-7-9-20-10-8-13/h1-12H,(H,23,24). The van der Waals surface area contributed by atoms with Crippen LogP contribution >= 0.6 is 0 Å². The first kappa shape index (κ1) is 14.1. The fourth-order valence-electron chi connectivity index (χ4n) is 2.70. The van der Waals surface area contributed by atoms with Gasteiger partial charge in [-0.15, -0.1) is 0 Å². The van der Waals surface area contributed by atoms with Gasteiger partial charge in [-0.1, -0.05) is 6.07 Å². The van der Waals surface area contributed by atoms with Gasteiger partial charge in [0.15, 0.2) is 0 Å². The van der Waals surface area contributed by atoms with E-state index in [9.17, 15) is 4.79 Å². The van der Waals surface area contributed by atoms with Crippen LogP contribution in [0.3, 0.4) is 0 Å². The predicted octanol–water partition coefficient (Wildman–Crippen LogP) is 3.79. The zero-order valence-electron chi connectivity index (χ0n) is 12.6. The molecule has 0 aliphatic rings. The quantitative estimate of drug-likeness (QED) is 0.624. The molecule has 0 aliphatic heterocycles. The van der Waals surface area contributed by atoms with Crippen LogP contribution in [0, 0.1) is 0 Å². The average Bonchev–Trinajstić information content (AvgIpc) is 3.05. The Labute approximate surface area is 137 Å². The molecule has 5 heteroatoms. The van der Waals surface area contributed by atoms with Crippen molar-refractivity contribution in [2.45, 2.75) is 0 Å². The molecule has 4 aromatic rings. The van der Waals surface area contributed by atoms with E-state index in [1.54, 1.807) is 43.0 Å². The molecule has 0 unspecified atom stereocenters. The summed E-state index contributed by atoms with van der Waals surface area (Å²) in [5, 5.41) is 9.02. The van der Waals surface area contributed by atoms with Gasteiger partial charge in [-0.25, -0.2) is 9.78 Å². The van der Waals surface area contributed by atoms with E-state index in [1.165, 1.54) is 0 Å². The molecule has 0 radical (unpaired) electrons. The van der Waals surface area contributed by atoms with Crippen molar-refractivity contribution in [3.05, 3.63) is 78.9 Å². The van der Waals surface area contributed by atoms with Crippen LogP contribution in [0.4, 0.5) is 0 Å². The van der Waals surface area contributed by atoms with E-state index in [4.69, 9.17) is 5.11 Å². The van der Waals surface area contributed by atoms with Crippen molar-refractivity contribution in [3.8, 4) is 16.8 Å². The SMILES string of the molecule is O=C(O)c1ccc(-n2cnc3ccc(-c4ccncc4)cc32)cc1. The number of pyridine rings is 1. The molecule has 0 saturated carbocycles. The van der Waals surface area contributed by atoms with Gasteiger partial charge in [-0.2, -0.15) is 0 Å². The van der Waals surface area contributed by atoms with Crippen LogP contribution in [0.15, 0.2) is 73.3 Å². The van der Waals surface area contributed by atoms with Crippen molar-refractivity contribution < 1.29 is 9.90 Å². The summed E-state index contributed by atoms with van der Waals surface area (Å²) in [6, 6.07) is 16.8. The van der Waals surface area contributed by atoms with Crippen molar-refractivity contribution in [2.24, 2.45) is 0 Å². The molecule has 1 N–H and O–H groups in total. The second kappa shape index (κ2) is 5.62. The molecular formula is C19H13N3O2. The fraction of sp³-hybridized carbons (Fsp3) is 0. The van der Waals surface area contributed by atoms with E-state index < -0.39 is 5.97 Å². The highest BCUT2D eigenvalue weighted by molar-refractivity contribution is 5.88. The number of benzene rings is 2. The normalized spacial score (nSPS) is 10.8. The topological polar surface area (TPSA) is 68.0 Å². The van der Waals surface area contributed by atoms with Gasteiger partial charge in [0.05, 0.1) is 16.6 Å². The Morgan fingerprint density at radius 1 is 0.917 bits per heavy atom. The number of nitrogens with zero attached hydrogens (tertiary/aromatic N) is 3. The second-order valence-corrected chi connectivity index (χ2v) is 5.41. The van der Waals surface area contributed by atoms with Crippen LogP contribution in [0.2, 0.25) is 0 Å². The summed E-state index contributed by atoms with van der Waals surface area (Å²) >= 11 is 0. The number of aromatic carboxylic acids is 1. The van der Waals surface area contributed by atoms with Crippen LogP contribution in [-0.2, 0) is 0 Å². The number of aromatic nitrogens is 3. The molecule has 0 saturated heterocycles. The van der Waals surface area contributed by atoms with Gasteiger partial charge >= 0.3 is 5.97 Å². The van der Waals surface area contributed by atoms with E-state index in [0.29, 0.717) is 0 Å². The molecule has 0 amide bonds. The maximum Gasteiger partial charge on any atom is 0.335 e. The van der Waals surface area contributed by atoms with Gasteiger partial charge < -0.3 is 5.11 Å². The van der Waals surface area contributed by atoms with Crippen LogP contribution in [0.5, 0.6) is 0 Å². The lowest BCUT2D eigenvalue weighted by Gasteiger charge is -2.06. The lowest BCUT2D eigenvalue weighted by molar-refractivity contribution is 0.0697.